The Hall–Kier alpha value is -1.53. The Morgan fingerprint density at radius 3 is 2.90 bits per heavy atom. The number of para-hydroxylation sites is 1. The van der Waals surface area contributed by atoms with Gasteiger partial charge in [0.15, 0.2) is 0 Å². The van der Waals surface area contributed by atoms with Gasteiger partial charge in [0.05, 0.1) is 30.1 Å². The van der Waals surface area contributed by atoms with E-state index < -0.39 is 5.97 Å². The van der Waals surface area contributed by atoms with Crippen LogP contribution in [0.4, 0.5) is 11.4 Å². The van der Waals surface area contributed by atoms with Crippen LogP contribution in [0.2, 0.25) is 0 Å². The minimum Gasteiger partial charge on any atom is -0.462 e. The van der Waals surface area contributed by atoms with Gasteiger partial charge in [-0.25, -0.2) is 4.79 Å². The minimum absolute atomic E-state index is 0.331. The summed E-state index contributed by atoms with van der Waals surface area (Å²) in [7, 11) is 0. The number of carbonyl (C=O) groups is 1. The van der Waals surface area contributed by atoms with Crippen LogP contribution in [0.3, 0.4) is 0 Å². The van der Waals surface area contributed by atoms with Crippen LogP contribution in [0.1, 0.15) is 22.2 Å². The Balaban J connectivity index is 2.14. The summed E-state index contributed by atoms with van der Waals surface area (Å²) in [6, 6.07) is 7.30. The highest BCUT2D eigenvalue weighted by Crippen LogP contribution is 2.27. The first-order valence-corrected chi connectivity index (χ1v) is 7.82. The first kappa shape index (κ1) is 14.9. The van der Waals surface area contributed by atoms with Gasteiger partial charge in [-0.1, -0.05) is 6.07 Å². The summed E-state index contributed by atoms with van der Waals surface area (Å²) >= 11 is 5.13. The molecule has 20 heavy (non-hydrogen) atoms. The smallest absolute Gasteiger partial charge is 0.340 e. The fourth-order valence-corrected chi connectivity index (χ4v) is 3.17. The molecule has 0 aliphatic carbocycles. The van der Waals surface area contributed by atoms with Crippen molar-refractivity contribution in [2.24, 2.45) is 0 Å². The number of ether oxygens (including phenoxy) is 1. The van der Waals surface area contributed by atoms with E-state index in [0.717, 1.165) is 10.2 Å². The lowest BCUT2D eigenvalue weighted by Crippen LogP contribution is -2.10. The quantitative estimate of drug-likeness (QED) is 0.631. The van der Waals surface area contributed by atoms with E-state index in [9.17, 15) is 4.79 Å². The molecule has 0 radical (unpaired) electrons. The summed E-state index contributed by atoms with van der Waals surface area (Å²) in [5, 5.41) is 5.25. The molecule has 0 saturated carbocycles. The van der Waals surface area contributed by atoms with Crippen molar-refractivity contribution < 1.29 is 9.53 Å². The number of nitrogens with two attached hydrogens (primary N) is 1. The molecule has 106 valence electrons. The van der Waals surface area contributed by atoms with Crippen molar-refractivity contribution in [1.29, 1.82) is 0 Å². The number of rotatable bonds is 5. The van der Waals surface area contributed by atoms with Crippen LogP contribution in [0.25, 0.3) is 0 Å². The molecule has 1 heterocycles. The van der Waals surface area contributed by atoms with Crippen molar-refractivity contribution in [3.8, 4) is 0 Å². The lowest BCUT2D eigenvalue weighted by Gasteiger charge is -2.12. The first-order valence-electron chi connectivity index (χ1n) is 6.14. The molecule has 0 atom stereocenters. The minimum atomic E-state index is -0.397. The molecule has 0 bridgehead atoms. The highest BCUT2D eigenvalue weighted by molar-refractivity contribution is 9.10. The van der Waals surface area contributed by atoms with Gasteiger partial charge in [-0.3, -0.25) is 0 Å². The largest absolute Gasteiger partial charge is 0.462 e. The summed E-state index contributed by atoms with van der Waals surface area (Å²) in [4.78, 5) is 12.9. The zero-order valence-corrected chi connectivity index (χ0v) is 13.4. The molecule has 2 rings (SSSR count). The Morgan fingerprint density at radius 2 is 2.25 bits per heavy atom. The van der Waals surface area contributed by atoms with Gasteiger partial charge in [0.25, 0.3) is 0 Å². The van der Waals surface area contributed by atoms with Gasteiger partial charge in [-0.2, -0.15) is 0 Å². The van der Waals surface area contributed by atoms with E-state index in [4.69, 9.17) is 10.5 Å². The molecule has 1 aromatic carbocycles. The number of esters is 1. The van der Waals surface area contributed by atoms with Gasteiger partial charge >= 0.3 is 5.97 Å². The Morgan fingerprint density at radius 1 is 1.45 bits per heavy atom. The number of benzene rings is 1. The molecule has 0 amide bonds. The summed E-state index contributed by atoms with van der Waals surface area (Å²) in [6.07, 6.45) is 0. The van der Waals surface area contributed by atoms with Crippen molar-refractivity contribution in [2.75, 3.05) is 17.7 Å². The van der Waals surface area contributed by atoms with Crippen molar-refractivity contribution in [3.05, 3.63) is 44.6 Å². The van der Waals surface area contributed by atoms with Crippen LogP contribution in [0.5, 0.6) is 0 Å². The molecule has 0 spiro atoms. The topological polar surface area (TPSA) is 64.3 Å². The molecular formula is C14H15BrN2O2S. The van der Waals surface area contributed by atoms with E-state index in [0.29, 0.717) is 24.4 Å². The molecular weight excluding hydrogens is 340 g/mol. The molecule has 4 nitrogen and oxygen atoms in total. The monoisotopic (exact) mass is 354 g/mol. The van der Waals surface area contributed by atoms with Crippen molar-refractivity contribution in [1.82, 2.24) is 0 Å². The van der Waals surface area contributed by atoms with Crippen LogP contribution in [0, 0.1) is 0 Å². The van der Waals surface area contributed by atoms with Gasteiger partial charge < -0.3 is 15.8 Å². The third kappa shape index (κ3) is 3.32. The zero-order valence-electron chi connectivity index (χ0n) is 11.0. The molecule has 0 unspecified atom stereocenters. The molecule has 6 heteroatoms. The maximum absolute atomic E-state index is 11.8. The summed E-state index contributed by atoms with van der Waals surface area (Å²) in [6.45, 7) is 2.75. The van der Waals surface area contributed by atoms with E-state index in [-0.39, 0.29) is 0 Å². The van der Waals surface area contributed by atoms with Crippen LogP contribution in [0.15, 0.2) is 34.1 Å². The van der Waals surface area contributed by atoms with Gasteiger partial charge in [0.2, 0.25) is 0 Å². The number of carbonyl (C=O) groups excluding carboxylic acids is 1. The van der Waals surface area contributed by atoms with Crippen molar-refractivity contribution in [2.45, 2.75) is 13.5 Å². The summed E-state index contributed by atoms with van der Waals surface area (Å²) in [5.74, 6) is -0.397. The summed E-state index contributed by atoms with van der Waals surface area (Å²) < 4.78 is 6.05. The van der Waals surface area contributed by atoms with Crippen LogP contribution in [-0.4, -0.2) is 12.6 Å². The number of nitrogens with one attached hydrogen (secondary N) is 1. The normalized spacial score (nSPS) is 10.3. The van der Waals surface area contributed by atoms with E-state index >= 15 is 0 Å². The number of nitrogen functional groups attached to an aromatic ring is 1. The van der Waals surface area contributed by atoms with Gasteiger partial charge in [-0.05, 0) is 46.4 Å². The van der Waals surface area contributed by atoms with Crippen LogP contribution in [-0.2, 0) is 11.3 Å². The van der Waals surface area contributed by atoms with E-state index in [2.05, 4.69) is 21.2 Å². The van der Waals surface area contributed by atoms with Gasteiger partial charge in [-0.15, -0.1) is 11.3 Å². The number of hydrogen-bond donors (Lipinski definition) is 2. The Labute approximate surface area is 130 Å². The first-order chi connectivity index (χ1) is 9.63. The van der Waals surface area contributed by atoms with Crippen molar-refractivity contribution >= 4 is 44.6 Å². The van der Waals surface area contributed by atoms with E-state index in [1.54, 1.807) is 30.4 Å². The predicted molar refractivity (Wildman–Crippen MR) is 86.2 cm³/mol. The third-order valence-corrected chi connectivity index (χ3v) is 4.66. The number of hydrogen-bond acceptors (Lipinski definition) is 5. The van der Waals surface area contributed by atoms with Gasteiger partial charge in [0.1, 0.15) is 0 Å². The second-order valence-corrected chi connectivity index (χ2v) is 5.89. The number of halogens is 1. The average Bonchev–Trinajstić information content (AvgIpc) is 2.83. The Kier molecular flexibility index (Phi) is 5.03. The SMILES string of the molecule is CCOC(=O)c1cccc(NCc2sccc2Br)c1N. The second-order valence-electron chi connectivity index (χ2n) is 4.03. The highest BCUT2D eigenvalue weighted by atomic mass is 79.9. The molecule has 1 aromatic heterocycles. The second kappa shape index (κ2) is 6.76. The third-order valence-electron chi connectivity index (χ3n) is 2.73. The average molecular weight is 355 g/mol. The lowest BCUT2D eigenvalue weighted by atomic mass is 10.1. The molecule has 3 N–H and O–H groups in total. The number of anilines is 2. The van der Waals surface area contributed by atoms with Crippen LogP contribution >= 0.6 is 27.3 Å². The predicted octanol–water partition coefficient (Wildman–Crippen LogP) is 3.88. The highest BCUT2D eigenvalue weighted by Gasteiger charge is 2.13. The molecule has 0 aliphatic rings. The summed E-state index contributed by atoms with van der Waals surface area (Å²) in [5.41, 5.74) is 7.56. The van der Waals surface area contributed by atoms with E-state index in [1.165, 1.54) is 4.88 Å². The maximum Gasteiger partial charge on any atom is 0.340 e. The van der Waals surface area contributed by atoms with Crippen LogP contribution < -0.4 is 11.1 Å². The molecule has 0 fully saturated rings. The molecule has 0 aliphatic heterocycles. The lowest BCUT2D eigenvalue weighted by molar-refractivity contribution is 0.0527. The Bertz CT molecular complexity index is 613. The number of thiophene rings is 1. The fraction of sp³-hybridized carbons (Fsp3) is 0.214. The van der Waals surface area contributed by atoms with E-state index in [1.807, 2.05) is 17.5 Å². The van der Waals surface area contributed by atoms with Crippen molar-refractivity contribution in [3.63, 3.8) is 0 Å². The standard InChI is InChI=1S/C14H15BrN2O2S/c1-2-19-14(18)9-4-3-5-11(13(9)16)17-8-12-10(15)6-7-20-12/h3-7,17H,2,8,16H2,1H3. The zero-order chi connectivity index (χ0) is 14.5. The maximum atomic E-state index is 11.8. The molecule has 2 aromatic rings. The van der Waals surface area contributed by atoms with Gasteiger partial charge in [0, 0.05) is 9.35 Å². The molecule has 0 saturated heterocycles. The fourth-order valence-electron chi connectivity index (χ4n) is 1.73.